The van der Waals surface area contributed by atoms with Gasteiger partial charge in [-0.05, 0) is 37.1 Å². The van der Waals surface area contributed by atoms with Crippen molar-refractivity contribution in [3.8, 4) is 22.6 Å². The lowest BCUT2D eigenvalue weighted by Gasteiger charge is -2.06. The average molecular weight is 333 g/mol. The maximum atomic E-state index is 12.5. The lowest BCUT2D eigenvalue weighted by atomic mass is 10.0. The molecule has 0 bridgehead atoms. The highest BCUT2D eigenvalue weighted by atomic mass is 32.1. The SMILES string of the molecule is Cc1ccccc1-c1c(C)sc2c(=O)[nH]c(-c3ccccn3)nc12. The smallest absolute Gasteiger partial charge is 0.269 e. The fourth-order valence-electron chi connectivity index (χ4n) is 2.89. The molecule has 118 valence electrons. The zero-order chi connectivity index (χ0) is 16.7. The van der Waals surface area contributed by atoms with Crippen LogP contribution in [0.1, 0.15) is 10.4 Å². The van der Waals surface area contributed by atoms with Gasteiger partial charge in [0.1, 0.15) is 10.4 Å². The van der Waals surface area contributed by atoms with Crippen molar-refractivity contribution in [3.63, 3.8) is 0 Å². The van der Waals surface area contributed by atoms with Crippen LogP contribution in [0.3, 0.4) is 0 Å². The predicted molar refractivity (Wildman–Crippen MR) is 98.4 cm³/mol. The van der Waals surface area contributed by atoms with Gasteiger partial charge in [0.15, 0.2) is 5.82 Å². The van der Waals surface area contributed by atoms with E-state index in [9.17, 15) is 4.79 Å². The molecule has 0 amide bonds. The van der Waals surface area contributed by atoms with Gasteiger partial charge in [0.05, 0.1) is 5.52 Å². The van der Waals surface area contributed by atoms with Crippen molar-refractivity contribution in [2.24, 2.45) is 0 Å². The van der Waals surface area contributed by atoms with Crippen LogP contribution in [0.5, 0.6) is 0 Å². The van der Waals surface area contributed by atoms with E-state index >= 15 is 0 Å². The van der Waals surface area contributed by atoms with Gasteiger partial charge >= 0.3 is 0 Å². The molecule has 0 aliphatic rings. The first kappa shape index (κ1) is 14.8. The quantitative estimate of drug-likeness (QED) is 0.594. The number of aryl methyl sites for hydroxylation is 2. The molecule has 1 N–H and O–H groups in total. The third-order valence-corrected chi connectivity index (χ3v) is 5.14. The van der Waals surface area contributed by atoms with Crippen LogP contribution in [-0.2, 0) is 0 Å². The van der Waals surface area contributed by atoms with E-state index in [-0.39, 0.29) is 5.56 Å². The van der Waals surface area contributed by atoms with Crippen LogP contribution in [0.2, 0.25) is 0 Å². The van der Waals surface area contributed by atoms with Gasteiger partial charge in [0.2, 0.25) is 0 Å². The van der Waals surface area contributed by atoms with E-state index in [2.05, 4.69) is 29.0 Å². The number of pyridine rings is 1. The summed E-state index contributed by atoms with van der Waals surface area (Å²) in [7, 11) is 0. The van der Waals surface area contributed by atoms with Gasteiger partial charge < -0.3 is 4.98 Å². The number of fused-ring (bicyclic) bond motifs is 1. The molecule has 4 aromatic rings. The first-order valence-corrected chi connectivity index (χ1v) is 8.47. The summed E-state index contributed by atoms with van der Waals surface area (Å²) in [4.78, 5) is 25.5. The minimum absolute atomic E-state index is 0.117. The zero-order valence-electron chi connectivity index (χ0n) is 13.3. The fraction of sp³-hybridized carbons (Fsp3) is 0.105. The topological polar surface area (TPSA) is 58.6 Å². The van der Waals surface area contributed by atoms with Gasteiger partial charge in [-0.2, -0.15) is 0 Å². The number of benzene rings is 1. The van der Waals surface area contributed by atoms with Crippen LogP contribution < -0.4 is 5.56 Å². The van der Waals surface area contributed by atoms with Crippen molar-refractivity contribution >= 4 is 21.6 Å². The summed E-state index contributed by atoms with van der Waals surface area (Å²) in [6.45, 7) is 4.11. The Morgan fingerprint density at radius 2 is 1.83 bits per heavy atom. The number of rotatable bonds is 2. The number of nitrogens with zero attached hydrogens (tertiary/aromatic N) is 2. The van der Waals surface area contributed by atoms with Crippen LogP contribution in [0.15, 0.2) is 53.5 Å². The highest BCUT2D eigenvalue weighted by Crippen LogP contribution is 2.37. The number of H-pyrrole nitrogens is 1. The standard InChI is InChI=1S/C19H15N3OS/c1-11-7-3-4-8-13(11)15-12(2)24-17-16(15)21-18(22-19(17)23)14-9-5-6-10-20-14/h3-10H,1-2H3,(H,21,22,23). The number of hydrogen-bond acceptors (Lipinski definition) is 4. The van der Waals surface area contributed by atoms with Crippen molar-refractivity contribution in [1.29, 1.82) is 0 Å². The Hall–Kier alpha value is -2.79. The molecular weight excluding hydrogens is 318 g/mol. The zero-order valence-corrected chi connectivity index (χ0v) is 14.1. The third-order valence-electron chi connectivity index (χ3n) is 4.04. The van der Waals surface area contributed by atoms with Gasteiger partial charge in [-0.1, -0.05) is 30.3 Å². The van der Waals surface area contributed by atoms with Gasteiger partial charge in [0.25, 0.3) is 5.56 Å². The van der Waals surface area contributed by atoms with Crippen molar-refractivity contribution in [2.75, 3.05) is 0 Å². The van der Waals surface area contributed by atoms with Gasteiger partial charge in [-0.3, -0.25) is 9.78 Å². The molecule has 0 saturated carbocycles. The second-order valence-electron chi connectivity index (χ2n) is 5.66. The van der Waals surface area contributed by atoms with Gasteiger partial charge in [-0.15, -0.1) is 11.3 Å². The number of thiophene rings is 1. The molecular formula is C19H15N3OS. The first-order valence-electron chi connectivity index (χ1n) is 7.66. The molecule has 0 saturated heterocycles. The van der Waals surface area contributed by atoms with E-state index < -0.39 is 0 Å². The highest BCUT2D eigenvalue weighted by Gasteiger charge is 2.18. The lowest BCUT2D eigenvalue weighted by molar-refractivity contribution is 1.15. The molecule has 4 nitrogen and oxygen atoms in total. The first-order chi connectivity index (χ1) is 11.6. The summed E-state index contributed by atoms with van der Waals surface area (Å²) in [5.41, 5.74) is 4.62. The Kier molecular flexibility index (Phi) is 3.50. The molecule has 0 fully saturated rings. The van der Waals surface area contributed by atoms with E-state index in [0.29, 0.717) is 16.2 Å². The second kappa shape index (κ2) is 5.69. The summed E-state index contributed by atoms with van der Waals surface area (Å²) in [5.74, 6) is 0.501. The predicted octanol–water partition coefficient (Wildman–Crippen LogP) is 4.33. The number of aromatic amines is 1. The summed E-state index contributed by atoms with van der Waals surface area (Å²) in [6.07, 6.45) is 1.70. The second-order valence-corrected chi connectivity index (χ2v) is 6.88. The molecule has 0 atom stereocenters. The molecule has 24 heavy (non-hydrogen) atoms. The summed E-state index contributed by atoms with van der Waals surface area (Å²) in [6, 6.07) is 13.7. The third kappa shape index (κ3) is 2.34. The molecule has 0 unspecified atom stereocenters. The van der Waals surface area contributed by atoms with Crippen molar-refractivity contribution in [2.45, 2.75) is 13.8 Å². The Labute approximate surface area is 142 Å². The summed E-state index contributed by atoms with van der Waals surface area (Å²) < 4.78 is 0.658. The highest BCUT2D eigenvalue weighted by molar-refractivity contribution is 7.19. The largest absolute Gasteiger partial charge is 0.304 e. The molecule has 4 rings (SSSR count). The van der Waals surface area contributed by atoms with Crippen molar-refractivity contribution in [1.82, 2.24) is 15.0 Å². The van der Waals surface area contributed by atoms with Crippen molar-refractivity contribution in [3.05, 3.63) is 69.5 Å². The molecule has 1 aromatic carbocycles. The average Bonchev–Trinajstić information content (AvgIpc) is 2.93. The Balaban J connectivity index is 2.05. The number of aromatic nitrogens is 3. The van der Waals surface area contributed by atoms with E-state index in [4.69, 9.17) is 4.98 Å². The normalized spacial score (nSPS) is 11.1. The molecule has 0 aliphatic carbocycles. The maximum absolute atomic E-state index is 12.5. The van der Waals surface area contributed by atoms with Crippen molar-refractivity contribution < 1.29 is 0 Å². The summed E-state index contributed by atoms with van der Waals surface area (Å²) in [5, 5.41) is 0. The van der Waals surface area contributed by atoms with Crippen LogP contribution in [-0.4, -0.2) is 15.0 Å². The lowest BCUT2D eigenvalue weighted by Crippen LogP contribution is -2.08. The van der Waals surface area contributed by atoms with Crippen LogP contribution >= 0.6 is 11.3 Å². The molecule has 0 radical (unpaired) electrons. The van der Waals surface area contributed by atoms with Crippen LogP contribution in [0.4, 0.5) is 0 Å². The molecule has 0 aliphatic heterocycles. The maximum Gasteiger partial charge on any atom is 0.269 e. The monoisotopic (exact) mass is 333 g/mol. The molecule has 3 aromatic heterocycles. The Bertz CT molecular complexity index is 1100. The molecule has 0 spiro atoms. The van der Waals surface area contributed by atoms with Gasteiger partial charge in [0, 0.05) is 16.6 Å². The van der Waals surface area contributed by atoms with E-state index in [1.807, 2.05) is 37.3 Å². The summed E-state index contributed by atoms with van der Waals surface area (Å²) >= 11 is 1.49. The number of hydrogen-bond donors (Lipinski definition) is 1. The number of nitrogens with one attached hydrogen (secondary N) is 1. The van der Waals surface area contributed by atoms with Crippen LogP contribution in [0, 0.1) is 13.8 Å². The van der Waals surface area contributed by atoms with E-state index in [1.165, 1.54) is 16.9 Å². The van der Waals surface area contributed by atoms with E-state index in [1.54, 1.807) is 6.20 Å². The fourth-order valence-corrected chi connectivity index (χ4v) is 3.90. The molecule has 3 heterocycles. The van der Waals surface area contributed by atoms with Gasteiger partial charge in [-0.25, -0.2) is 4.98 Å². The minimum atomic E-state index is -0.117. The Morgan fingerprint density at radius 1 is 1.04 bits per heavy atom. The minimum Gasteiger partial charge on any atom is -0.304 e. The van der Waals surface area contributed by atoms with E-state index in [0.717, 1.165) is 21.5 Å². The molecule has 5 heteroatoms. The van der Waals surface area contributed by atoms with Crippen LogP contribution in [0.25, 0.3) is 32.9 Å². The Morgan fingerprint density at radius 3 is 2.58 bits per heavy atom.